The van der Waals surface area contributed by atoms with Crippen LogP contribution in [0.1, 0.15) is 94.2 Å². The van der Waals surface area contributed by atoms with Gasteiger partial charge in [0, 0.05) is 82.0 Å². The van der Waals surface area contributed by atoms with Crippen LogP contribution in [0.2, 0.25) is 56.5 Å². The molecule has 0 aliphatic heterocycles. The minimum absolute atomic E-state index is 0.232. The van der Waals surface area contributed by atoms with Gasteiger partial charge in [0.25, 0.3) is 11.8 Å². The van der Waals surface area contributed by atoms with Gasteiger partial charge in [0.2, 0.25) is 11.6 Å². The number of aromatic amines is 1. The number of H-pyrrole nitrogens is 1. The standard InChI is InChI=1S/C26H32N6O2Si.C22H27ClN2OSi.C20H18N6O/c1-31-25(27-16-28-31)26(33)30-23-12-11-19-15-22(21-8-6-5-7-20(21)18-9-10-18)32(24(19)29-23)17-34-13-14-35(2,3)4;1-27(2,3)13-12-26-15-25-20(14-17-10-11-21(23)24-22(17)25)19-7-5-4-6-18(19)16-8-9-16;1-26-19(21-11-22-26)20(27)25-17-9-8-13-10-16(23-18(13)24-17)15-5-3-2-4-14(15)12-6-7-12/h5-8,11-12,15-16,18H,9-10,13-14,17H2,1-4H3,(H,29,30,33);4-7,10-11,14,16H,8-9,12-13,15H2,1-3H3;2-5,8-12H,6-7H2,1H3,(H2,23,24,25,27). The molecule has 2 amide bonds. The molecule has 458 valence electrons. The Hall–Kier alpha value is -8.41. The third kappa shape index (κ3) is 14.7. The summed E-state index contributed by atoms with van der Waals surface area (Å²) in [6.45, 7) is 16.6. The number of anilines is 2. The van der Waals surface area contributed by atoms with E-state index >= 15 is 0 Å². The zero-order valence-corrected chi connectivity index (χ0v) is 54.7. The van der Waals surface area contributed by atoms with Crippen LogP contribution in [0.5, 0.6) is 0 Å². The van der Waals surface area contributed by atoms with Crippen molar-refractivity contribution in [2.75, 3.05) is 23.8 Å². The number of hydrogen-bond acceptors (Lipinski definition) is 11. The molecule has 3 aromatic carbocycles. The zero-order chi connectivity index (χ0) is 62.0. The second kappa shape index (κ2) is 26.0. The first-order valence-corrected chi connectivity index (χ1v) is 38.6. The Morgan fingerprint density at radius 3 is 1.43 bits per heavy atom. The van der Waals surface area contributed by atoms with Crippen LogP contribution in [0, 0.1) is 0 Å². The number of hydrogen-bond donors (Lipinski definition) is 3. The lowest BCUT2D eigenvalue weighted by atomic mass is 10.0. The number of nitrogens with one attached hydrogen (secondary N) is 3. The predicted octanol–water partition coefficient (Wildman–Crippen LogP) is 15.3. The number of amides is 2. The van der Waals surface area contributed by atoms with Gasteiger partial charge in [0.05, 0.1) is 11.4 Å². The zero-order valence-electron chi connectivity index (χ0n) is 51.9. The van der Waals surface area contributed by atoms with Crippen LogP contribution >= 0.6 is 11.6 Å². The highest BCUT2D eigenvalue weighted by molar-refractivity contribution is 6.76. The van der Waals surface area contributed by atoms with Gasteiger partial charge in [0.1, 0.15) is 59.8 Å². The van der Waals surface area contributed by atoms with Crippen molar-refractivity contribution in [2.24, 2.45) is 14.1 Å². The van der Waals surface area contributed by atoms with E-state index in [4.69, 9.17) is 26.1 Å². The van der Waals surface area contributed by atoms with E-state index in [1.165, 1.54) is 99.6 Å². The summed E-state index contributed by atoms with van der Waals surface area (Å²) in [5.74, 6) is 2.71. The number of aryl methyl sites for hydroxylation is 2. The first kappa shape index (κ1) is 60.9. The molecular formula is C68H77ClN14O4Si2. The van der Waals surface area contributed by atoms with Crippen LogP contribution in [0.4, 0.5) is 11.6 Å². The Kier molecular flexibility index (Phi) is 17.8. The molecule has 3 saturated carbocycles. The third-order valence-corrected chi connectivity index (χ3v) is 20.1. The lowest BCUT2D eigenvalue weighted by Gasteiger charge is -2.17. The molecule has 3 aliphatic carbocycles. The SMILES string of the molecule is C[Si](C)(C)CCOCn1c(-c2ccccc2C2CC2)cc2ccc(Cl)nc21.Cn1ncnc1C(=O)Nc1ccc2cc(-c3ccccc3C3CC3)[nH]c2n1.Cn1ncnc1C(=O)Nc1ccc2cc(-c3ccccc3C3CC3)n(COCC[Si](C)(C)C)c2n1. The van der Waals surface area contributed by atoms with Gasteiger partial charge in [-0.1, -0.05) is 124 Å². The number of pyridine rings is 3. The Labute approximate surface area is 525 Å². The quantitative estimate of drug-likeness (QED) is 0.0372. The van der Waals surface area contributed by atoms with Gasteiger partial charge < -0.3 is 34.2 Å². The largest absolute Gasteiger partial charge is 0.361 e. The lowest BCUT2D eigenvalue weighted by Crippen LogP contribution is -2.22. The smallest absolute Gasteiger partial charge is 0.294 e. The molecule has 3 N–H and O–H groups in total. The molecule has 0 atom stereocenters. The van der Waals surface area contributed by atoms with Gasteiger partial charge in [-0.3, -0.25) is 9.59 Å². The van der Waals surface area contributed by atoms with Crippen LogP contribution in [0.25, 0.3) is 66.9 Å². The number of ether oxygens (including phenoxy) is 2. The summed E-state index contributed by atoms with van der Waals surface area (Å²) in [5.41, 5.74) is 13.7. The van der Waals surface area contributed by atoms with Gasteiger partial charge >= 0.3 is 0 Å². The average molecular weight is 1250 g/mol. The first-order valence-electron chi connectivity index (χ1n) is 30.8. The monoisotopic (exact) mass is 1240 g/mol. The van der Waals surface area contributed by atoms with E-state index in [0.29, 0.717) is 48.0 Å². The van der Waals surface area contributed by atoms with E-state index in [1.807, 2.05) is 30.3 Å². The summed E-state index contributed by atoms with van der Waals surface area (Å²) < 4.78 is 19.5. The fourth-order valence-corrected chi connectivity index (χ4v) is 12.8. The molecule has 8 aromatic heterocycles. The van der Waals surface area contributed by atoms with Gasteiger partial charge in [-0.25, -0.2) is 34.3 Å². The maximum Gasteiger partial charge on any atom is 0.294 e. The van der Waals surface area contributed by atoms with Crippen LogP contribution in [-0.4, -0.2) is 99.8 Å². The van der Waals surface area contributed by atoms with Crippen LogP contribution in [0.15, 0.2) is 140 Å². The number of carbonyl (C=O) groups excluding carboxylic acids is 2. The van der Waals surface area contributed by atoms with Crippen LogP contribution in [-0.2, 0) is 37.0 Å². The summed E-state index contributed by atoms with van der Waals surface area (Å²) >= 11 is 6.20. The Balaban J connectivity index is 0.000000131. The molecule has 3 fully saturated rings. The van der Waals surface area contributed by atoms with Crippen molar-refractivity contribution in [2.45, 2.75) is 121 Å². The van der Waals surface area contributed by atoms with E-state index in [-0.39, 0.29) is 23.5 Å². The molecule has 18 nitrogen and oxygen atoms in total. The molecule has 11 aromatic rings. The van der Waals surface area contributed by atoms with Crippen LogP contribution < -0.4 is 10.6 Å². The second-order valence-corrected chi connectivity index (χ2v) is 37.6. The van der Waals surface area contributed by atoms with Gasteiger partial charge in [-0.15, -0.1) is 0 Å². The predicted molar refractivity (Wildman–Crippen MR) is 359 cm³/mol. The minimum Gasteiger partial charge on any atom is -0.361 e. The molecule has 14 rings (SSSR count). The normalized spacial score (nSPS) is 14.2. The van der Waals surface area contributed by atoms with Crippen molar-refractivity contribution in [1.29, 1.82) is 0 Å². The fourth-order valence-electron chi connectivity index (χ4n) is 11.1. The first-order chi connectivity index (χ1) is 42.9. The highest BCUT2D eigenvalue weighted by Gasteiger charge is 2.30. The molecule has 0 bridgehead atoms. The number of carbonyl (C=O) groups is 2. The molecule has 3 aliphatic rings. The van der Waals surface area contributed by atoms with Gasteiger partial charge in [-0.2, -0.15) is 10.2 Å². The Morgan fingerprint density at radius 1 is 0.539 bits per heavy atom. The number of fused-ring (bicyclic) bond motifs is 3. The van der Waals surface area contributed by atoms with Gasteiger partial charge in [-0.05, 0) is 140 Å². The van der Waals surface area contributed by atoms with E-state index in [9.17, 15) is 9.59 Å². The highest BCUT2D eigenvalue weighted by Crippen LogP contribution is 2.47. The number of rotatable bonds is 20. The maximum atomic E-state index is 12.7. The van der Waals surface area contributed by atoms with Crippen molar-refractivity contribution < 1.29 is 19.1 Å². The average Bonchev–Trinajstić information content (AvgIpc) is 1.80. The van der Waals surface area contributed by atoms with E-state index in [0.717, 1.165) is 69.8 Å². The third-order valence-electron chi connectivity index (χ3n) is 16.5. The molecule has 0 spiro atoms. The summed E-state index contributed by atoms with van der Waals surface area (Å²) in [6.07, 6.45) is 10.3. The van der Waals surface area contributed by atoms with Crippen molar-refractivity contribution in [3.05, 3.63) is 174 Å². The number of aromatic nitrogens is 12. The molecule has 89 heavy (non-hydrogen) atoms. The lowest BCUT2D eigenvalue weighted by molar-refractivity contribution is 0.0908. The Morgan fingerprint density at radius 2 is 0.966 bits per heavy atom. The molecular weight excluding hydrogens is 1170 g/mol. The number of benzene rings is 3. The molecule has 0 unspecified atom stereocenters. The summed E-state index contributed by atoms with van der Waals surface area (Å²) in [7, 11) is 1.06. The second-order valence-electron chi connectivity index (χ2n) is 26.0. The molecule has 0 radical (unpaired) electrons. The summed E-state index contributed by atoms with van der Waals surface area (Å²) in [6, 6.07) is 46.2. The summed E-state index contributed by atoms with van der Waals surface area (Å²) in [5, 5.41) is 17.2. The van der Waals surface area contributed by atoms with Gasteiger partial charge in [0.15, 0.2) is 0 Å². The van der Waals surface area contributed by atoms with E-state index < -0.39 is 16.1 Å². The number of halogens is 1. The molecule has 21 heteroatoms. The van der Waals surface area contributed by atoms with Crippen molar-refractivity contribution in [3.63, 3.8) is 0 Å². The summed E-state index contributed by atoms with van der Waals surface area (Å²) in [4.78, 5) is 50.3. The van der Waals surface area contributed by atoms with Crippen molar-refractivity contribution in [3.8, 4) is 33.8 Å². The highest BCUT2D eigenvalue weighted by atomic mass is 35.5. The maximum absolute atomic E-state index is 12.7. The number of nitrogens with zero attached hydrogens (tertiary/aromatic N) is 11. The van der Waals surface area contributed by atoms with E-state index in [1.54, 1.807) is 20.2 Å². The van der Waals surface area contributed by atoms with Crippen molar-refractivity contribution in [1.82, 2.24) is 58.6 Å². The van der Waals surface area contributed by atoms with Crippen LogP contribution in [0.3, 0.4) is 0 Å². The van der Waals surface area contributed by atoms with E-state index in [2.05, 4.69) is 185 Å². The molecule has 8 heterocycles. The topological polar surface area (TPSA) is 202 Å². The fraction of sp³-hybridized carbons (Fsp3) is 0.338. The Bertz CT molecular complexity index is 4350. The minimum atomic E-state index is -1.19. The molecule has 0 saturated heterocycles. The van der Waals surface area contributed by atoms with Crippen molar-refractivity contribution >= 4 is 84.3 Å².